The van der Waals surface area contributed by atoms with Crippen LogP contribution in [0.15, 0.2) is 4.99 Å². The van der Waals surface area contributed by atoms with Gasteiger partial charge in [0.25, 0.3) is 0 Å². The number of nitrogens with zero attached hydrogens (tertiary/aromatic N) is 1. The van der Waals surface area contributed by atoms with Crippen LogP contribution in [0.3, 0.4) is 0 Å². The first-order valence-corrected chi connectivity index (χ1v) is 6.63. The van der Waals surface area contributed by atoms with E-state index in [0.717, 1.165) is 5.75 Å². The van der Waals surface area contributed by atoms with E-state index >= 15 is 0 Å². The highest BCUT2D eigenvalue weighted by Crippen LogP contribution is 2.26. The Morgan fingerprint density at radius 3 is 2.57 bits per heavy atom. The third-order valence-electron chi connectivity index (χ3n) is 2.89. The van der Waals surface area contributed by atoms with Crippen molar-refractivity contribution in [3.05, 3.63) is 0 Å². The SMILES string of the molecule is CC1(C)CSC(=NC2CCCCC2)N1. The minimum absolute atomic E-state index is 0.248. The molecule has 1 saturated heterocycles. The Balaban J connectivity index is 1.91. The maximum Gasteiger partial charge on any atom is 0.157 e. The Bertz CT molecular complexity index is 229. The van der Waals surface area contributed by atoms with Crippen LogP contribution in [-0.2, 0) is 0 Å². The minimum atomic E-state index is 0.248. The van der Waals surface area contributed by atoms with Gasteiger partial charge in [0, 0.05) is 11.3 Å². The topological polar surface area (TPSA) is 24.4 Å². The standard InChI is InChI=1S/C11H20N2S/c1-11(2)8-14-10(13-11)12-9-6-4-3-5-7-9/h9H,3-8H2,1-2H3,(H,12,13). The molecule has 1 aliphatic heterocycles. The molecule has 0 radical (unpaired) electrons. The van der Waals surface area contributed by atoms with Gasteiger partial charge in [-0.05, 0) is 26.7 Å². The van der Waals surface area contributed by atoms with E-state index in [1.165, 1.54) is 37.3 Å². The molecule has 2 rings (SSSR count). The van der Waals surface area contributed by atoms with Gasteiger partial charge in [-0.2, -0.15) is 0 Å². The molecule has 14 heavy (non-hydrogen) atoms. The van der Waals surface area contributed by atoms with Gasteiger partial charge >= 0.3 is 0 Å². The van der Waals surface area contributed by atoms with E-state index < -0.39 is 0 Å². The van der Waals surface area contributed by atoms with E-state index in [1.807, 2.05) is 11.8 Å². The van der Waals surface area contributed by atoms with Gasteiger partial charge in [0.2, 0.25) is 0 Å². The Kier molecular flexibility index (Phi) is 3.05. The van der Waals surface area contributed by atoms with E-state index in [-0.39, 0.29) is 5.54 Å². The highest BCUT2D eigenvalue weighted by molar-refractivity contribution is 8.14. The predicted octanol–water partition coefficient (Wildman–Crippen LogP) is 2.79. The molecule has 2 fully saturated rings. The molecule has 1 aliphatic carbocycles. The maximum absolute atomic E-state index is 4.80. The van der Waals surface area contributed by atoms with Gasteiger partial charge < -0.3 is 5.32 Å². The molecule has 0 aromatic carbocycles. The molecule has 2 aliphatic rings. The van der Waals surface area contributed by atoms with Gasteiger partial charge in [0.15, 0.2) is 5.17 Å². The molecule has 80 valence electrons. The lowest BCUT2D eigenvalue weighted by Crippen LogP contribution is -2.37. The summed E-state index contributed by atoms with van der Waals surface area (Å²) in [5, 5.41) is 4.67. The van der Waals surface area contributed by atoms with E-state index in [4.69, 9.17) is 4.99 Å². The third kappa shape index (κ3) is 2.66. The van der Waals surface area contributed by atoms with Crippen LogP contribution in [0.4, 0.5) is 0 Å². The van der Waals surface area contributed by atoms with Gasteiger partial charge in [0.05, 0.1) is 6.04 Å². The summed E-state index contributed by atoms with van der Waals surface area (Å²) in [6.45, 7) is 4.48. The fraction of sp³-hybridized carbons (Fsp3) is 0.909. The van der Waals surface area contributed by atoms with Crippen molar-refractivity contribution in [3.63, 3.8) is 0 Å². The Morgan fingerprint density at radius 1 is 1.29 bits per heavy atom. The summed E-state index contributed by atoms with van der Waals surface area (Å²) < 4.78 is 0. The van der Waals surface area contributed by atoms with E-state index in [2.05, 4.69) is 19.2 Å². The van der Waals surface area contributed by atoms with Crippen LogP contribution < -0.4 is 5.32 Å². The van der Waals surface area contributed by atoms with Crippen LogP contribution in [0.2, 0.25) is 0 Å². The summed E-state index contributed by atoms with van der Waals surface area (Å²) >= 11 is 1.88. The van der Waals surface area contributed by atoms with Gasteiger partial charge in [-0.1, -0.05) is 31.0 Å². The molecule has 0 unspecified atom stereocenters. The number of thioether (sulfide) groups is 1. The van der Waals surface area contributed by atoms with Gasteiger partial charge in [-0.15, -0.1) is 0 Å². The molecule has 0 spiro atoms. The molecule has 0 atom stereocenters. The second kappa shape index (κ2) is 4.13. The van der Waals surface area contributed by atoms with Gasteiger partial charge in [-0.3, -0.25) is 4.99 Å². The number of hydrogen-bond donors (Lipinski definition) is 1. The maximum atomic E-state index is 4.80. The van der Waals surface area contributed by atoms with Crippen molar-refractivity contribution < 1.29 is 0 Å². The zero-order valence-electron chi connectivity index (χ0n) is 9.18. The smallest absolute Gasteiger partial charge is 0.157 e. The molecule has 0 amide bonds. The average molecular weight is 212 g/mol. The van der Waals surface area contributed by atoms with Crippen molar-refractivity contribution in [1.29, 1.82) is 0 Å². The highest BCUT2D eigenvalue weighted by atomic mass is 32.2. The summed E-state index contributed by atoms with van der Waals surface area (Å²) in [4.78, 5) is 4.80. The summed E-state index contributed by atoms with van der Waals surface area (Å²) in [6, 6.07) is 0.604. The quantitative estimate of drug-likeness (QED) is 0.723. The van der Waals surface area contributed by atoms with Crippen molar-refractivity contribution in [3.8, 4) is 0 Å². The minimum Gasteiger partial charge on any atom is -0.359 e. The highest BCUT2D eigenvalue weighted by Gasteiger charge is 2.28. The second-order valence-electron chi connectivity index (χ2n) is 5.02. The zero-order chi connectivity index (χ0) is 10.0. The van der Waals surface area contributed by atoms with E-state index in [9.17, 15) is 0 Å². The molecule has 2 nitrogen and oxygen atoms in total. The third-order valence-corrected chi connectivity index (χ3v) is 4.24. The summed E-state index contributed by atoms with van der Waals surface area (Å²) in [7, 11) is 0. The number of rotatable bonds is 1. The monoisotopic (exact) mass is 212 g/mol. The van der Waals surface area contributed by atoms with Crippen LogP contribution in [0.5, 0.6) is 0 Å². The Hall–Kier alpha value is -0.180. The van der Waals surface area contributed by atoms with Gasteiger partial charge in [0.1, 0.15) is 0 Å². The second-order valence-corrected chi connectivity index (χ2v) is 5.99. The summed E-state index contributed by atoms with van der Waals surface area (Å²) in [5.41, 5.74) is 0.248. The fourth-order valence-corrected chi connectivity index (χ4v) is 3.20. The molecule has 1 N–H and O–H groups in total. The van der Waals surface area contributed by atoms with Crippen LogP contribution in [0, 0.1) is 0 Å². The number of hydrogen-bond acceptors (Lipinski definition) is 2. The van der Waals surface area contributed by atoms with Crippen LogP contribution in [-0.4, -0.2) is 22.5 Å². The first-order valence-electron chi connectivity index (χ1n) is 5.64. The number of aliphatic imine (C=N–C) groups is 1. The molecule has 0 aromatic heterocycles. The molecular formula is C11H20N2S. The molecular weight excluding hydrogens is 192 g/mol. The predicted molar refractivity (Wildman–Crippen MR) is 64.0 cm³/mol. The van der Waals surface area contributed by atoms with Crippen molar-refractivity contribution in [2.24, 2.45) is 4.99 Å². The Labute approximate surface area is 90.9 Å². The lowest BCUT2D eigenvalue weighted by molar-refractivity contribution is 0.441. The van der Waals surface area contributed by atoms with Crippen molar-refractivity contribution in [2.75, 3.05) is 5.75 Å². The summed E-state index contributed by atoms with van der Waals surface area (Å²) in [6.07, 6.45) is 6.75. The lowest BCUT2D eigenvalue weighted by atomic mass is 9.96. The molecule has 0 aromatic rings. The van der Waals surface area contributed by atoms with Crippen LogP contribution in [0.25, 0.3) is 0 Å². The lowest BCUT2D eigenvalue weighted by Gasteiger charge is -2.19. The molecule has 1 heterocycles. The van der Waals surface area contributed by atoms with E-state index in [1.54, 1.807) is 0 Å². The molecule has 3 heteroatoms. The molecule has 0 bridgehead atoms. The van der Waals surface area contributed by atoms with Gasteiger partial charge in [-0.25, -0.2) is 0 Å². The Morgan fingerprint density at radius 2 is 2.00 bits per heavy atom. The van der Waals surface area contributed by atoms with Crippen molar-refractivity contribution >= 4 is 16.9 Å². The van der Waals surface area contributed by atoms with Crippen LogP contribution >= 0.6 is 11.8 Å². The number of amidine groups is 1. The normalized spacial score (nSPS) is 30.6. The van der Waals surface area contributed by atoms with Crippen molar-refractivity contribution in [1.82, 2.24) is 5.32 Å². The summed E-state index contributed by atoms with van der Waals surface area (Å²) in [5.74, 6) is 1.15. The average Bonchev–Trinajstić information content (AvgIpc) is 2.47. The van der Waals surface area contributed by atoms with E-state index in [0.29, 0.717) is 6.04 Å². The largest absolute Gasteiger partial charge is 0.359 e. The molecule has 1 saturated carbocycles. The van der Waals surface area contributed by atoms with Crippen molar-refractivity contribution in [2.45, 2.75) is 57.5 Å². The first-order chi connectivity index (χ1) is 6.66. The number of nitrogens with one attached hydrogen (secondary N) is 1. The van der Waals surface area contributed by atoms with Crippen LogP contribution in [0.1, 0.15) is 46.0 Å². The first kappa shape index (κ1) is 10.3. The zero-order valence-corrected chi connectivity index (χ0v) is 9.99. The fourth-order valence-electron chi connectivity index (χ4n) is 2.06.